The number of hydrogen-bond acceptors (Lipinski definition) is 12. The van der Waals surface area contributed by atoms with Crippen LogP contribution in [0.4, 0.5) is 34.1 Å². The number of unbranched alkanes of at least 4 members (excludes halogenated alkanes) is 4. The molecule has 0 N–H and O–H groups in total. The van der Waals surface area contributed by atoms with Crippen LogP contribution in [0, 0.1) is 13.8 Å². The molecule has 6 aromatic rings. The second kappa shape index (κ2) is 23.2. The molecule has 0 aliphatic carbocycles. The van der Waals surface area contributed by atoms with Gasteiger partial charge in [-0.25, -0.2) is 0 Å². The molecule has 0 heterocycles. The number of methoxy groups -OCH3 is 2. The lowest BCUT2D eigenvalue weighted by atomic mass is 9.97. The lowest BCUT2D eigenvalue weighted by Crippen LogP contribution is -2.06. The summed E-state index contributed by atoms with van der Waals surface area (Å²) in [5.74, 6) is 2.03. The molecule has 0 saturated heterocycles. The highest BCUT2D eigenvalue weighted by Gasteiger charge is 2.20. The third-order valence-corrected chi connectivity index (χ3v) is 10.3. The number of carbonyl (C=O) groups is 2. The van der Waals surface area contributed by atoms with Crippen molar-refractivity contribution in [2.45, 2.75) is 66.2 Å². The molecule has 0 aliphatic rings. The summed E-state index contributed by atoms with van der Waals surface area (Å²) < 4.78 is 22.9. The minimum absolute atomic E-state index is 0.145. The summed E-state index contributed by atoms with van der Waals surface area (Å²) in [6, 6.07) is 35.8. The number of hydrogen-bond donors (Lipinski definition) is 0. The van der Waals surface area contributed by atoms with E-state index in [2.05, 4.69) is 44.5 Å². The maximum Gasteiger partial charge on any atom is 0.197 e. The van der Waals surface area contributed by atoms with Gasteiger partial charge in [0.15, 0.2) is 11.6 Å². The van der Waals surface area contributed by atoms with Crippen LogP contribution in [-0.4, -0.2) is 39.0 Å². The monoisotopic (exact) mass is 858 g/mol. The van der Waals surface area contributed by atoms with Crippen LogP contribution < -0.4 is 18.9 Å². The average molecular weight is 859 g/mol. The fourth-order valence-corrected chi connectivity index (χ4v) is 6.79. The molecule has 6 rings (SSSR count). The first-order valence-electron chi connectivity index (χ1n) is 21.6. The summed E-state index contributed by atoms with van der Waals surface area (Å²) in [5, 5.41) is 26.3. The Morgan fingerprint density at radius 3 is 1.03 bits per heavy atom. The number of ether oxygens (including phenoxy) is 4. The molecule has 0 fully saturated rings. The van der Waals surface area contributed by atoms with E-state index in [0.717, 1.165) is 61.2 Å². The highest BCUT2D eigenvalue weighted by molar-refractivity contribution is 6.12. The standard InChI is InChI=1S/C52H54N6O6/c1-7-9-11-29-63-45-25-13-37(14-26-45)51(59)49-35(3)31-43(33-47(49)61-5)57-55-41-21-17-39(18-22-41)53-54-40-19-23-42(24-20-40)56-58-44-32-36(4)50(48(34-44)62-6)52(60)38-15-27-46(28-16-38)64-30-12-10-8-2/h13-28,31-34H,7-12,29-30H2,1-6H3/b54-53+,57-55?,58-56?. The van der Waals surface area contributed by atoms with Crippen molar-refractivity contribution in [1.82, 2.24) is 0 Å². The largest absolute Gasteiger partial charge is 0.496 e. The molecular formula is C52H54N6O6. The Hall–Kier alpha value is -7.34. The number of carbonyl (C=O) groups excluding carboxylic acids is 2. The van der Waals surface area contributed by atoms with E-state index in [9.17, 15) is 9.59 Å². The van der Waals surface area contributed by atoms with E-state index in [-0.39, 0.29) is 11.6 Å². The molecule has 0 aliphatic heterocycles. The number of nitrogens with zero attached hydrogens (tertiary/aromatic N) is 6. The van der Waals surface area contributed by atoms with Gasteiger partial charge in [0.1, 0.15) is 23.0 Å². The summed E-state index contributed by atoms with van der Waals surface area (Å²) in [4.78, 5) is 27.0. The average Bonchev–Trinajstić information content (AvgIpc) is 3.32. The maximum atomic E-state index is 13.5. The molecule has 12 heteroatoms. The van der Waals surface area contributed by atoms with E-state index in [4.69, 9.17) is 18.9 Å². The Labute approximate surface area is 375 Å². The van der Waals surface area contributed by atoms with Crippen LogP contribution in [0.25, 0.3) is 0 Å². The molecule has 64 heavy (non-hydrogen) atoms. The van der Waals surface area contributed by atoms with Crippen LogP contribution in [0.15, 0.2) is 152 Å². The minimum Gasteiger partial charge on any atom is -0.496 e. The highest BCUT2D eigenvalue weighted by Crippen LogP contribution is 2.34. The van der Waals surface area contributed by atoms with Crippen molar-refractivity contribution >= 4 is 45.7 Å². The first-order chi connectivity index (χ1) is 31.2. The summed E-state index contributed by atoms with van der Waals surface area (Å²) in [6.07, 6.45) is 6.50. The molecule has 0 unspecified atom stereocenters. The molecular weight excluding hydrogens is 805 g/mol. The van der Waals surface area contributed by atoms with E-state index >= 15 is 0 Å². The van der Waals surface area contributed by atoms with E-state index < -0.39 is 0 Å². The predicted octanol–water partition coefficient (Wildman–Crippen LogP) is 15.2. The van der Waals surface area contributed by atoms with Crippen molar-refractivity contribution in [1.29, 1.82) is 0 Å². The number of rotatable bonds is 22. The van der Waals surface area contributed by atoms with E-state index in [1.54, 1.807) is 84.9 Å². The molecule has 0 spiro atoms. The minimum atomic E-state index is -0.145. The van der Waals surface area contributed by atoms with E-state index in [1.165, 1.54) is 14.2 Å². The summed E-state index contributed by atoms with van der Waals surface area (Å²) >= 11 is 0. The molecule has 328 valence electrons. The Kier molecular flexibility index (Phi) is 16.7. The van der Waals surface area contributed by atoms with Gasteiger partial charge in [-0.1, -0.05) is 39.5 Å². The number of azo groups is 3. The predicted molar refractivity (Wildman–Crippen MR) is 251 cm³/mol. The van der Waals surface area contributed by atoms with Gasteiger partial charge >= 0.3 is 0 Å². The van der Waals surface area contributed by atoms with Crippen LogP contribution in [-0.2, 0) is 0 Å². The SMILES string of the molecule is CCCCCOc1ccc(C(=O)c2c(C)cc(N=Nc3ccc(/N=N/c4ccc(N=Nc5cc(C)c(C(=O)c6ccc(OCCCCC)cc6)c(OC)c5)cc4)cc3)cc2OC)cc1. The second-order valence-corrected chi connectivity index (χ2v) is 15.1. The van der Waals surface area contributed by atoms with Gasteiger partial charge in [0.2, 0.25) is 0 Å². The molecule has 0 amide bonds. The summed E-state index contributed by atoms with van der Waals surface area (Å²) in [5.41, 5.74) is 7.08. The highest BCUT2D eigenvalue weighted by atomic mass is 16.5. The van der Waals surface area contributed by atoms with Gasteiger partial charge in [-0.3, -0.25) is 9.59 Å². The van der Waals surface area contributed by atoms with Crippen molar-refractivity contribution in [3.05, 3.63) is 155 Å². The molecule has 6 aromatic carbocycles. The van der Waals surface area contributed by atoms with Crippen molar-refractivity contribution in [3.63, 3.8) is 0 Å². The third-order valence-electron chi connectivity index (χ3n) is 10.3. The van der Waals surface area contributed by atoms with Gasteiger partial charge in [0.25, 0.3) is 0 Å². The van der Waals surface area contributed by atoms with Crippen molar-refractivity contribution in [2.75, 3.05) is 27.4 Å². The lowest BCUT2D eigenvalue weighted by Gasteiger charge is -2.12. The van der Waals surface area contributed by atoms with Crippen LogP contribution in [0.3, 0.4) is 0 Å². The normalized spacial score (nSPS) is 11.4. The fraction of sp³-hybridized carbons (Fsp3) is 0.269. The summed E-state index contributed by atoms with van der Waals surface area (Å²) in [6.45, 7) is 9.33. The Morgan fingerprint density at radius 2 is 0.734 bits per heavy atom. The Balaban J connectivity index is 1.03. The Bertz CT molecular complexity index is 2410. The topological polar surface area (TPSA) is 145 Å². The van der Waals surface area contributed by atoms with Crippen LogP contribution >= 0.6 is 0 Å². The zero-order valence-electron chi connectivity index (χ0n) is 37.3. The van der Waals surface area contributed by atoms with Crippen molar-refractivity contribution in [2.24, 2.45) is 30.7 Å². The molecule has 0 bridgehead atoms. The van der Waals surface area contributed by atoms with Crippen LogP contribution in [0.1, 0.15) is 95.3 Å². The first kappa shape index (κ1) is 46.2. The molecule has 0 atom stereocenters. The first-order valence-corrected chi connectivity index (χ1v) is 21.6. The van der Waals surface area contributed by atoms with E-state index in [0.29, 0.717) is 81.1 Å². The second-order valence-electron chi connectivity index (χ2n) is 15.1. The number of ketones is 2. The molecule has 0 saturated carbocycles. The van der Waals surface area contributed by atoms with Gasteiger partial charge in [0, 0.05) is 23.3 Å². The molecule has 12 nitrogen and oxygen atoms in total. The lowest BCUT2D eigenvalue weighted by molar-refractivity contribution is 0.102. The summed E-state index contributed by atoms with van der Waals surface area (Å²) in [7, 11) is 3.07. The maximum absolute atomic E-state index is 13.5. The zero-order valence-corrected chi connectivity index (χ0v) is 37.3. The van der Waals surface area contributed by atoms with Gasteiger partial charge in [-0.2, -0.15) is 30.7 Å². The van der Waals surface area contributed by atoms with Gasteiger partial charge < -0.3 is 18.9 Å². The smallest absolute Gasteiger partial charge is 0.197 e. The van der Waals surface area contributed by atoms with Crippen LogP contribution in [0.5, 0.6) is 23.0 Å². The molecule has 0 radical (unpaired) electrons. The van der Waals surface area contributed by atoms with Gasteiger partial charge in [-0.15, -0.1) is 0 Å². The van der Waals surface area contributed by atoms with E-state index in [1.807, 2.05) is 50.2 Å². The fourth-order valence-electron chi connectivity index (χ4n) is 6.79. The number of aryl methyl sites for hydroxylation is 2. The Morgan fingerprint density at radius 1 is 0.422 bits per heavy atom. The van der Waals surface area contributed by atoms with Crippen molar-refractivity contribution in [3.8, 4) is 23.0 Å². The van der Waals surface area contributed by atoms with Gasteiger partial charge in [-0.05, 0) is 147 Å². The zero-order chi connectivity index (χ0) is 45.3. The van der Waals surface area contributed by atoms with Crippen molar-refractivity contribution < 1.29 is 28.5 Å². The third kappa shape index (κ3) is 12.6. The quantitative estimate of drug-likeness (QED) is 0.0377. The van der Waals surface area contributed by atoms with Crippen LogP contribution in [0.2, 0.25) is 0 Å². The number of benzene rings is 6. The van der Waals surface area contributed by atoms with Gasteiger partial charge in [0.05, 0.1) is 72.7 Å². The molecule has 0 aromatic heterocycles.